The Morgan fingerprint density at radius 2 is 1.95 bits per heavy atom. The van der Waals surface area contributed by atoms with Crippen LogP contribution < -0.4 is 19.7 Å². The summed E-state index contributed by atoms with van der Waals surface area (Å²) in [5, 5.41) is 3.90. The van der Waals surface area contributed by atoms with Crippen LogP contribution in [0.25, 0.3) is 22.0 Å². The predicted molar refractivity (Wildman–Crippen MR) is 156 cm³/mol. The highest BCUT2D eigenvalue weighted by molar-refractivity contribution is 7.92. The van der Waals surface area contributed by atoms with E-state index >= 15 is 4.39 Å². The minimum Gasteiger partial charge on any atom is -0.475 e. The fourth-order valence-corrected chi connectivity index (χ4v) is 6.45. The minimum absolute atomic E-state index is 0.00943. The van der Waals surface area contributed by atoms with Crippen LogP contribution in [-0.2, 0) is 25.0 Å². The summed E-state index contributed by atoms with van der Waals surface area (Å²) in [5.74, 6) is -0.176. The molecule has 0 atom stereocenters. The Morgan fingerprint density at radius 1 is 1.20 bits per heavy atom. The van der Waals surface area contributed by atoms with Gasteiger partial charge in [0.1, 0.15) is 18.1 Å². The third-order valence-electron chi connectivity index (χ3n) is 7.67. The number of amides is 1. The molecule has 220 valence electrons. The Labute approximate surface area is 239 Å². The molecule has 2 aromatic heterocycles. The minimum atomic E-state index is -3.67. The molecule has 2 N–H and O–H groups in total. The van der Waals surface area contributed by atoms with Crippen LogP contribution in [0.1, 0.15) is 39.2 Å². The summed E-state index contributed by atoms with van der Waals surface area (Å²) in [7, 11) is -1.93. The van der Waals surface area contributed by atoms with Gasteiger partial charge in [-0.3, -0.25) is 14.5 Å². The van der Waals surface area contributed by atoms with Crippen molar-refractivity contribution in [3.63, 3.8) is 0 Å². The van der Waals surface area contributed by atoms with Crippen molar-refractivity contribution in [3.05, 3.63) is 42.0 Å². The van der Waals surface area contributed by atoms with E-state index < -0.39 is 21.3 Å². The Hall–Kier alpha value is -3.35. The first-order valence-electron chi connectivity index (χ1n) is 13.8. The van der Waals surface area contributed by atoms with Gasteiger partial charge in [0.15, 0.2) is 0 Å². The molecule has 5 rings (SSSR count). The number of carbonyl (C=O) groups excluding carboxylic acids is 1. The number of carbonyl (C=O) groups is 1. The normalized spacial score (nSPS) is 20.1. The highest BCUT2D eigenvalue weighted by atomic mass is 32.2. The highest BCUT2D eigenvalue weighted by Gasteiger charge is 2.58. The van der Waals surface area contributed by atoms with Gasteiger partial charge in [-0.05, 0) is 37.8 Å². The van der Waals surface area contributed by atoms with Crippen molar-refractivity contribution in [2.75, 3.05) is 49.3 Å². The molecule has 1 aliphatic heterocycles. The fraction of sp³-hybridized carbons (Fsp3) is 0.483. The number of rotatable bonds is 11. The molecule has 1 saturated carbocycles. The van der Waals surface area contributed by atoms with Crippen LogP contribution in [-0.4, -0.2) is 70.0 Å². The van der Waals surface area contributed by atoms with Crippen molar-refractivity contribution in [1.82, 2.24) is 15.3 Å². The Balaban J connectivity index is 1.56. The molecular weight excluding hydrogens is 549 g/mol. The number of aromatic nitrogens is 2. The van der Waals surface area contributed by atoms with Crippen LogP contribution >= 0.6 is 0 Å². The lowest BCUT2D eigenvalue weighted by Crippen LogP contribution is -2.50. The molecule has 0 radical (unpaired) electrons. The van der Waals surface area contributed by atoms with Gasteiger partial charge in [0.2, 0.25) is 21.8 Å². The molecule has 0 unspecified atom stereocenters. The Kier molecular flexibility index (Phi) is 7.92. The van der Waals surface area contributed by atoms with Crippen molar-refractivity contribution in [3.8, 4) is 17.0 Å². The van der Waals surface area contributed by atoms with E-state index in [2.05, 4.69) is 20.0 Å². The first-order valence-corrected chi connectivity index (χ1v) is 15.7. The SMILES string of the molecule is CCOCC1CC2(C1)C(=O)N(C)c1cnc3cc(F)c(-c4cnc(OCCNC(C)C)c(NS(C)(=O)=O)c4)cc3c12. The summed E-state index contributed by atoms with van der Waals surface area (Å²) in [6.07, 6.45) is 5.41. The van der Waals surface area contributed by atoms with E-state index in [1.54, 1.807) is 24.2 Å². The van der Waals surface area contributed by atoms with Gasteiger partial charge < -0.3 is 19.7 Å². The number of hydrogen-bond acceptors (Lipinski definition) is 8. The van der Waals surface area contributed by atoms with E-state index in [0.717, 1.165) is 11.8 Å². The summed E-state index contributed by atoms with van der Waals surface area (Å²) in [5.41, 5.74) is 1.98. The van der Waals surface area contributed by atoms with Crippen LogP contribution in [0.5, 0.6) is 5.88 Å². The van der Waals surface area contributed by atoms with Gasteiger partial charge in [0, 0.05) is 67.2 Å². The number of likely N-dealkylation sites (N-methyl/N-ethyl adjacent to an activating group) is 1. The molecule has 1 aliphatic carbocycles. The number of anilines is 2. The Bertz CT molecular complexity index is 1590. The Morgan fingerprint density at radius 3 is 2.63 bits per heavy atom. The first-order chi connectivity index (χ1) is 19.4. The summed E-state index contributed by atoms with van der Waals surface area (Å²) >= 11 is 0. The average molecular weight is 586 g/mol. The summed E-state index contributed by atoms with van der Waals surface area (Å²) in [6.45, 7) is 7.97. The molecular formula is C29H36FN5O5S. The van der Waals surface area contributed by atoms with Crippen LogP contribution in [0.3, 0.4) is 0 Å². The van der Waals surface area contributed by atoms with Gasteiger partial charge in [-0.1, -0.05) is 13.8 Å². The number of nitrogens with zero attached hydrogens (tertiary/aromatic N) is 3. The molecule has 1 spiro atoms. The number of fused-ring (bicyclic) bond motifs is 4. The zero-order chi connectivity index (χ0) is 29.5. The van der Waals surface area contributed by atoms with E-state index in [-0.39, 0.29) is 41.6 Å². The van der Waals surface area contributed by atoms with Crippen molar-refractivity contribution in [2.24, 2.45) is 5.92 Å². The second-order valence-electron chi connectivity index (χ2n) is 11.2. The lowest BCUT2D eigenvalue weighted by molar-refractivity contribution is -0.128. The van der Waals surface area contributed by atoms with Crippen molar-refractivity contribution < 1.29 is 27.1 Å². The van der Waals surface area contributed by atoms with Crippen LogP contribution in [0.2, 0.25) is 0 Å². The van der Waals surface area contributed by atoms with E-state index in [1.807, 2.05) is 20.8 Å². The largest absolute Gasteiger partial charge is 0.475 e. The maximum absolute atomic E-state index is 15.6. The number of halogens is 1. The first kappa shape index (κ1) is 29.2. The second kappa shape index (κ2) is 11.1. The van der Waals surface area contributed by atoms with Crippen LogP contribution in [0.15, 0.2) is 30.6 Å². The number of ether oxygens (including phenoxy) is 2. The maximum Gasteiger partial charge on any atom is 0.238 e. The monoisotopic (exact) mass is 585 g/mol. The molecule has 10 nitrogen and oxygen atoms in total. The van der Waals surface area contributed by atoms with Gasteiger partial charge in [0.25, 0.3) is 0 Å². The molecule has 3 heterocycles. The standard InChI is InChI=1S/C29H36FN5O5S/c1-6-39-16-18-12-29(13-18)26-21-10-20(22(30)11-23(21)32-15-25(26)35(4)28(29)36)19-9-24(34-41(5,37)38)27(33-14-19)40-8-7-31-17(2)3/h9-11,14-15,17-18,31,34H,6-8,12-13,16H2,1-5H3. The van der Waals surface area contributed by atoms with E-state index in [0.29, 0.717) is 54.8 Å². The van der Waals surface area contributed by atoms with Crippen molar-refractivity contribution >= 4 is 38.2 Å². The third kappa shape index (κ3) is 5.60. The fourth-order valence-electron chi connectivity index (χ4n) is 5.91. The molecule has 2 aliphatic rings. The highest BCUT2D eigenvalue weighted by Crippen LogP contribution is 2.57. The topological polar surface area (TPSA) is 123 Å². The average Bonchev–Trinajstić information content (AvgIpc) is 3.11. The molecule has 1 fully saturated rings. The molecule has 3 aromatic rings. The molecule has 1 aromatic carbocycles. The summed E-state index contributed by atoms with van der Waals surface area (Å²) < 4.78 is 53.6. The molecule has 1 amide bonds. The van der Waals surface area contributed by atoms with Gasteiger partial charge in [-0.2, -0.15) is 0 Å². The van der Waals surface area contributed by atoms with E-state index in [1.165, 1.54) is 18.3 Å². The lowest BCUT2D eigenvalue weighted by Gasteiger charge is -2.44. The number of pyridine rings is 2. The number of nitrogens with one attached hydrogen (secondary N) is 2. The van der Waals surface area contributed by atoms with Crippen molar-refractivity contribution in [2.45, 2.75) is 45.1 Å². The third-order valence-corrected chi connectivity index (χ3v) is 8.26. The van der Waals surface area contributed by atoms with E-state index in [4.69, 9.17) is 9.47 Å². The zero-order valence-electron chi connectivity index (χ0n) is 24.0. The lowest BCUT2D eigenvalue weighted by atomic mass is 9.58. The number of sulfonamides is 1. The smallest absolute Gasteiger partial charge is 0.238 e. The van der Waals surface area contributed by atoms with Crippen LogP contribution in [0.4, 0.5) is 15.8 Å². The maximum atomic E-state index is 15.6. The summed E-state index contributed by atoms with van der Waals surface area (Å²) in [4.78, 5) is 23.9. The molecule has 0 bridgehead atoms. The quantitative estimate of drug-likeness (QED) is 0.326. The zero-order valence-corrected chi connectivity index (χ0v) is 24.8. The summed E-state index contributed by atoms with van der Waals surface area (Å²) in [6, 6.07) is 4.81. The molecule has 41 heavy (non-hydrogen) atoms. The van der Waals surface area contributed by atoms with Crippen molar-refractivity contribution in [1.29, 1.82) is 0 Å². The van der Waals surface area contributed by atoms with E-state index in [9.17, 15) is 13.2 Å². The van der Waals surface area contributed by atoms with Gasteiger partial charge >= 0.3 is 0 Å². The van der Waals surface area contributed by atoms with Gasteiger partial charge in [0.05, 0.1) is 29.1 Å². The van der Waals surface area contributed by atoms with Gasteiger partial charge in [-0.25, -0.2) is 17.8 Å². The number of benzene rings is 1. The molecule has 12 heteroatoms. The van der Waals surface area contributed by atoms with Crippen LogP contribution in [0, 0.1) is 11.7 Å². The second-order valence-corrected chi connectivity index (χ2v) is 12.9. The van der Waals surface area contributed by atoms with Gasteiger partial charge in [-0.15, -0.1) is 0 Å². The number of hydrogen-bond donors (Lipinski definition) is 2. The predicted octanol–water partition coefficient (Wildman–Crippen LogP) is 3.84. The molecule has 0 saturated heterocycles.